The molecule has 1 amide bonds. The van der Waals surface area contributed by atoms with E-state index in [0.717, 1.165) is 5.56 Å². The van der Waals surface area contributed by atoms with Gasteiger partial charge in [0.1, 0.15) is 11.2 Å². The van der Waals surface area contributed by atoms with Crippen LogP contribution in [0, 0.1) is 17.0 Å². The number of nitrogens with one attached hydrogen (secondary N) is 1. The topological polar surface area (TPSA) is 102 Å². The van der Waals surface area contributed by atoms with Gasteiger partial charge in [-0.15, -0.1) is 0 Å². The minimum Gasteiger partial charge on any atom is -0.455 e. The van der Waals surface area contributed by atoms with Gasteiger partial charge in [-0.2, -0.15) is 0 Å². The molecule has 4 aromatic rings. The molecule has 0 spiro atoms. The maximum atomic E-state index is 12.7. The summed E-state index contributed by atoms with van der Waals surface area (Å²) in [5, 5.41) is 14.5. The van der Waals surface area contributed by atoms with E-state index in [2.05, 4.69) is 5.32 Å². The molecule has 0 saturated carbocycles. The third-order valence-corrected chi connectivity index (χ3v) is 4.47. The molecule has 28 heavy (non-hydrogen) atoms. The lowest BCUT2D eigenvalue weighted by Gasteiger charge is -2.08. The van der Waals surface area contributed by atoms with Crippen molar-refractivity contribution in [3.05, 3.63) is 92.1 Å². The SMILES string of the molecule is Cc1cccc2c(=O)c3ccc(NC(=O)c4cccc([N+](=O)[O-])c4)cc3oc12. The molecule has 0 saturated heterocycles. The number of hydrogen-bond donors (Lipinski definition) is 1. The first-order valence-electron chi connectivity index (χ1n) is 8.46. The van der Waals surface area contributed by atoms with Gasteiger partial charge in [0.2, 0.25) is 5.43 Å². The molecule has 7 nitrogen and oxygen atoms in total. The number of rotatable bonds is 3. The van der Waals surface area contributed by atoms with Gasteiger partial charge in [-0.1, -0.05) is 18.2 Å². The molecule has 138 valence electrons. The van der Waals surface area contributed by atoms with E-state index in [1.165, 1.54) is 24.3 Å². The number of anilines is 1. The summed E-state index contributed by atoms with van der Waals surface area (Å²) in [4.78, 5) is 35.4. The minimum atomic E-state index is -0.561. The first kappa shape index (κ1) is 17.4. The Morgan fingerprint density at radius 2 is 1.82 bits per heavy atom. The molecule has 0 fully saturated rings. The number of benzene rings is 3. The number of non-ortho nitro benzene ring substituents is 1. The molecule has 1 aromatic heterocycles. The number of para-hydroxylation sites is 1. The third kappa shape index (κ3) is 2.99. The Hall–Kier alpha value is -4.00. The van der Waals surface area contributed by atoms with Gasteiger partial charge in [0.05, 0.1) is 15.7 Å². The van der Waals surface area contributed by atoms with Crippen molar-refractivity contribution in [2.24, 2.45) is 0 Å². The molecule has 3 aromatic carbocycles. The molecule has 0 aliphatic heterocycles. The lowest BCUT2D eigenvalue weighted by molar-refractivity contribution is -0.384. The van der Waals surface area contributed by atoms with Gasteiger partial charge in [0.25, 0.3) is 11.6 Å². The Balaban J connectivity index is 1.74. The van der Waals surface area contributed by atoms with Crippen LogP contribution in [-0.4, -0.2) is 10.8 Å². The molecule has 0 unspecified atom stereocenters. The largest absolute Gasteiger partial charge is 0.455 e. The van der Waals surface area contributed by atoms with Crippen molar-refractivity contribution in [1.82, 2.24) is 0 Å². The molecule has 0 radical (unpaired) electrons. The second-order valence-electron chi connectivity index (χ2n) is 6.36. The highest BCUT2D eigenvalue weighted by atomic mass is 16.6. The molecular weight excluding hydrogens is 360 g/mol. The predicted molar refractivity (Wildman–Crippen MR) is 106 cm³/mol. The molecule has 0 bridgehead atoms. The maximum absolute atomic E-state index is 12.7. The monoisotopic (exact) mass is 374 g/mol. The highest BCUT2D eigenvalue weighted by Crippen LogP contribution is 2.24. The van der Waals surface area contributed by atoms with Crippen molar-refractivity contribution in [2.75, 3.05) is 5.32 Å². The van der Waals surface area contributed by atoms with Crippen molar-refractivity contribution in [3.63, 3.8) is 0 Å². The number of carbonyl (C=O) groups excluding carboxylic acids is 1. The average Bonchev–Trinajstić information content (AvgIpc) is 2.69. The fourth-order valence-electron chi connectivity index (χ4n) is 3.06. The fraction of sp³-hybridized carbons (Fsp3) is 0.0476. The molecule has 1 heterocycles. The van der Waals surface area contributed by atoms with Crippen molar-refractivity contribution in [1.29, 1.82) is 0 Å². The number of nitro benzene ring substituents is 1. The van der Waals surface area contributed by atoms with Crippen molar-refractivity contribution < 1.29 is 14.1 Å². The van der Waals surface area contributed by atoms with E-state index in [0.29, 0.717) is 27.6 Å². The number of fused-ring (bicyclic) bond motifs is 2. The smallest absolute Gasteiger partial charge is 0.270 e. The van der Waals surface area contributed by atoms with E-state index < -0.39 is 10.8 Å². The van der Waals surface area contributed by atoms with Gasteiger partial charge in [-0.3, -0.25) is 19.7 Å². The predicted octanol–water partition coefficient (Wildman–Crippen LogP) is 4.42. The van der Waals surface area contributed by atoms with Crippen LogP contribution in [0.3, 0.4) is 0 Å². The number of nitrogens with zero attached hydrogens (tertiary/aromatic N) is 1. The Morgan fingerprint density at radius 1 is 1.04 bits per heavy atom. The van der Waals surface area contributed by atoms with E-state index >= 15 is 0 Å². The zero-order valence-corrected chi connectivity index (χ0v) is 14.8. The number of amides is 1. The van der Waals surface area contributed by atoms with Gasteiger partial charge in [0.15, 0.2) is 0 Å². The van der Waals surface area contributed by atoms with Crippen LogP contribution in [0.15, 0.2) is 69.9 Å². The first-order chi connectivity index (χ1) is 13.4. The van der Waals surface area contributed by atoms with Crippen LogP contribution >= 0.6 is 0 Å². The fourth-order valence-corrected chi connectivity index (χ4v) is 3.06. The van der Waals surface area contributed by atoms with E-state index in [4.69, 9.17) is 4.42 Å². The summed E-state index contributed by atoms with van der Waals surface area (Å²) in [6.07, 6.45) is 0. The first-order valence-corrected chi connectivity index (χ1v) is 8.46. The van der Waals surface area contributed by atoms with Crippen LogP contribution in [-0.2, 0) is 0 Å². The molecule has 0 aliphatic carbocycles. The number of carbonyl (C=O) groups is 1. The Labute approximate surface area is 158 Å². The number of aryl methyl sites for hydroxylation is 1. The van der Waals surface area contributed by atoms with Crippen molar-refractivity contribution >= 4 is 39.2 Å². The van der Waals surface area contributed by atoms with Crippen LogP contribution in [0.5, 0.6) is 0 Å². The molecule has 7 heteroatoms. The summed E-state index contributed by atoms with van der Waals surface area (Å²) in [6, 6.07) is 15.6. The highest BCUT2D eigenvalue weighted by Gasteiger charge is 2.14. The van der Waals surface area contributed by atoms with Crippen molar-refractivity contribution in [3.8, 4) is 0 Å². The second-order valence-corrected chi connectivity index (χ2v) is 6.36. The normalized spacial score (nSPS) is 10.9. The van der Waals surface area contributed by atoms with Crippen molar-refractivity contribution in [2.45, 2.75) is 6.92 Å². The molecule has 4 rings (SSSR count). The molecule has 1 N–H and O–H groups in total. The zero-order valence-electron chi connectivity index (χ0n) is 14.8. The van der Waals surface area contributed by atoms with Gasteiger partial charge in [0, 0.05) is 29.4 Å². The summed E-state index contributed by atoms with van der Waals surface area (Å²) in [5.74, 6) is -0.498. The summed E-state index contributed by atoms with van der Waals surface area (Å²) in [6.45, 7) is 1.85. The van der Waals surface area contributed by atoms with Gasteiger partial charge < -0.3 is 9.73 Å². The van der Waals surface area contributed by atoms with E-state index in [-0.39, 0.29) is 16.7 Å². The molecular formula is C21H14N2O5. The Kier molecular flexibility index (Phi) is 4.12. The van der Waals surface area contributed by atoms with E-state index in [9.17, 15) is 19.7 Å². The standard InChI is InChI=1S/C21H14N2O5/c1-12-4-2-7-17-19(24)16-9-8-14(11-18(16)28-20(12)17)22-21(25)13-5-3-6-15(10-13)23(26)27/h2-11H,1H3,(H,22,25). The Morgan fingerprint density at radius 3 is 2.61 bits per heavy atom. The second kappa shape index (κ2) is 6.62. The number of hydrogen-bond acceptors (Lipinski definition) is 5. The highest BCUT2D eigenvalue weighted by molar-refractivity contribution is 6.05. The lowest BCUT2D eigenvalue weighted by atomic mass is 10.1. The quantitative estimate of drug-likeness (QED) is 0.325. The van der Waals surface area contributed by atoms with Crippen LogP contribution in [0.1, 0.15) is 15.9 Å². The van der Waals surface area contributed by atoms with Crippen LogP contribution < -0.4 is 10.7 Å². The maximum Gasteiger partial charge on any atom is 0.270 e. The average molecular weight is 374 g/mol. The Bertz CT molecular complexity index is 1320. The molecule has 0 aliphatic rings. The minimum absolute atomic E-state index is 0.142. The van der Waals surface area contributed by atoms with E-state index in [1.807, 2.05) is 13.0 Å². The summed E-state index contributed by atoms with van der Waals surface area (Å²) < 4.78 is 5.90. The van der Waals surface area contributed by atoms with Gasteiger partial charge >= 0.3 is 0 Å². The third-order valence-electron chi connectivity index (χ3n) is 4.47. The molecule has 0 atom stereocenters. The van der Waals surface area contributed by atoms with Crippen LogP contribution in [0.4, 0.5) is 11.4 Å². The summed E-state index contributed by atoms with van der Waals surface area (Å²) >= 11 is 0. The van der Waals surface area contributed by atoms with Gasteiger partial charge in [-0.25, -0.2) is 0 Å². The van der Waals surface area contributed by atoms with Crippen LogP contribution in [0.2, 0.25) is 0 Å². The zero-order chi connectivity index (χ0) is 19.8. The summed E-state index contributed by atoms with van der Waals surface area (Å²) in [5.41, 5.74) is 1.95. The van der Waals surface area contributed by atoms with Crippen LogP contribution in [0.25, 0.3) is 21.9 Å². The summed E-state index contributed by atoms with van der Waals surface area (Å²) in [7, 11) is 0. The lowest BCUT2D eigenvalue weighted by Crippen LogP contribution is -2.12. The van der Waals surface area contributed by atoms with Gasteiger partial charge in [-0.05, 0) is 36.8 Å². The number of nitro groups is 1. The van der Waals surface area contributed by atoms with E-state index in [1.54, 1.807) is 30.3 Å².